The number of phenols is 2. The third-order valence-electron chi connectivity index (χ3n) is 3.27. The maximum atomic E-state index is 12.2. The van der Waals surface area contributed by atoms with E-state index in [1.807, 2.05) is 0 Å². The molecule has 0 aliphatic heterocycles. The van der Waals surface area contributed by atoms with Crippen molar-refractivity contribution in [3.63, 3.8) is 0 Å². The van der Waals surface area contributed by atoms with Gasteiger partial charge in [0.25, 0.3) is 0 Å². The van der Waals surface area contributed by atoms with Crippen molar-refractivity contribution < 1.29 is 14.6 Å². The van der Waals surface area contributed by atoms with Gasteiger partial charge in [-0.05, 0) is 25.0 Å². The quantitative estimate of drug-likeness (QED) is 0.640. The lowest BCUT2D eigenvalue weighted by Crippen LogP contribution is -2.08. The molecule has 19 heavy (non-hydrogen) atoms. The highest BCUT2D eigenvalue weighted by molar-refractivity contribution is 5.84. The van der Waals surface area contributed by atoms with E-state index in [0.717, 1.165) is 25.7 Å². The van der Waals surface area contributed by atoms with Gasteiger partial charge in [0.15, 0.2) is 16.8 Å². The number of fused-ring (bicyclic) bond motifs is 1. The van der Waals surface area contributed by atoms with E-state index in [9.17, 15) is 15.0 Å². The molecule has 102 valence electrons. The van der Waals surface area contributed by atoms with Gasteiger partial charge in [-0.3, -0.25) is 4.79 Å². The molecular weight excluding hydrogens is 244 g/mol. The zero-order valence-corrected chi connectivity index (χ0v) is 11.0. The Labute approximate surface area is 111 Å². The fourth-order valence-corrected chi connectivity index (χ4v) is 2.13. The van der Waals surface area contributed by atoms with Gasteiger partial charge in [-0.2, -0.15) is 0 Å². The molecule has 0 saturated carbocycles. The number of phenolic OH excluding ortho intramolecular Hbond substituents is 2. The van der Waals surface area contributed by atoms with Crippen LogP contribution < -0.4 is 5.43 Å². The van der Waals surface area contributed by atoms with Gasteiger partial charge in [0.05, 0.1) is 11.6 Å². The smallest absolute Gasteiger partial charge is 0.201 e. The van der Waals surface area contributed by atoms with E-state index in [-0.39, 0.29) is 22.5 Å². The molecule has 0 fully saturated rings. The number of aryl methyl sites for hydroxylation is 1. The highest BCUT2D eigenvalue weighted by atomic mass is 16.4. The summed E-state index contributed by atoms with van der Waals surface area (Å²) in [5.74, 6) is -0.668. The van der Waals surface area contributed by atoms with Crippen LogP contribution >= 0.6 is 0 Å². The molecule has 0 unspecified atom stereocenters. The molecule has 0 atom stereocenters. The molecule has 4 heteroatoms. The highest BCUT2D eigenvalue weighted by Crippen LogP contribution is 2.32. The third-order valence-corrected chi connectivity index (χ3v) is 3.27. The van der Waals surface area contributed by atoms with Crippen LogP contribution in [0.1, 0.15) is 38.2 Å². The summed E-state index contributed by atoms with van der Waals surface area (Å²) < 4.78 is 5.28. The second kappa shape index (κ2) is 5.78. The molecule has 0 saturated heterocycles. The van der Waals surface area contributed by atoms with Crippen molar-refractivity contribution in [2.45, 2.75) is 39.0 Å². The van der Waals surface area contributed by atoms with Crippen molar-refractivity contribution in [1.29, 1.82) is 0 Å². The topological polar surface area (TPSA) is 70.7 Å². The van der Waals surface area contributed by atoms with Crippen LogP contribution in [0.3, 0.4) is 0 Å². The first-order valence-corrected chi connectivity index (χ1v) is 6.60. The van der Waals surface area contributed by atoms with Gasteiger partial charge in [0.1, 0.15) is 0 Å². The first kappa shape index (κ1) is 13.5. The normalized spacial score (nSPS) is 11.0. The van der Waals surface area contributed by atoms with Crippen molar-refractivity contribution in [3.05, 3.63) is 34.2 Å². The summed E-state index contributed by atoms with van der Waals surface area (Å²) in [5, 5.41) is 19.3. The van der Waals surface area contributed by atoms with Crippen LogP contribution in [0.15, 0.2) is 27.6 Å². The lowest BCUT2D eigenvalue weighted by atomic mass is 10.1. The summed E-state index contributed by atoms with van der Waals surface area (Å²) in [6.07, 6.45) is 6.42. The zero-order valence-electron chi connectivity index (χ0n) is 11.0. The first-order valence-electron chi connectivity index (χ1n) is 6.60. The summed E-state index contributed by atoms with van der Waals surface area (Å²) >= 11 is 0. The minimum Gasteiger partial charge on any atom is -0.504 e. The molecule has 1 aromatic carbocycles. The minimum absolute atomic E-state index is 0.0438. The average Bonchev–Trinajstić information content (AvgIpc) is 2.41. The Balaban J connectivity index is 2.31. The predicted molar refractivity (Wildman–Crippen MR) is 73.7 cm³/mol. The number of benzene rings is 1. The Kier molecular flexibility index (Phi) is 4.10. The van der Waals surface area contributed by atoms with Crippen molar-refractivity contribution in [2.75, 3.05) is 0 Å². The predicted octanol–water partition coefficient (Wildman–Crippen LogP) is 3.33. The lowest BCUT2D eigenvalue weighted by Gasteiger charge is -2.04. The van der Waals surface area contributed by atoms with Crippen LogP contribution in [0.4, 0.5) is 0 Å². The van der Waals surface area contributed by atoms with E-state index >= 15 is 0 Å². The van der Waals surface area contributed by atoms with E-state index in [1.54, 1.807) is 0 Å². The summed E-state index contributed by atoms with van der Waals surface area (Å²) in [6.45, 7) is 2.14. The van der Waals surface area contributed by atoms with Crippen molar-refractivity contribution in [1.82, 2.24) is 0 Å². The first-order chi connectivity index (χ1) is 9.15. The molecule has 0 bridgehead atoms. The second-order valence-corrected chi connectivity index (χ2v) is 4.71. The van der Waals surface area contributed by atoms with E-state index in [4.69, 9.17) is 4.42 Å². The van der Waals surface area contributed by atoms with Gasteiger partial charge >= 0.3 is 0 Å². The standard InChI is InChI=1S/C15H18O4/c1-2-3-4-5-6-10-9-19-15-11(13(10)17)7-8-12(16)14(15)18/h7-9,16,18H,2-6H2,1H3. The average molecular weight is 262 g/mol. The molecular formula is C15H18O4. The molecule has 0 spiro atoms. The van der Waals surface area contributed by atoms with Crippen molar-refractivity contribution in [3.8, 4) is 11.5 Å². The number of hydrogen-bond acceptors (Lipinski definition) is 4. The van der Waals surface area contributed by atoms with Crippen LogP contribution in [0.5, 0.6) is 11.5 Å². The van der Waals surface area contributed by atoms with Gasteiger partial charge in [-0.15, -0.1) is 0 Å². The van der Waals surface area contributed by atoms with Gasteiger partial charge in [-0.25, -0.2) is 0 Å². The Morgan fingerprint density at radius 2 is 1.95 bits per heavy atom. The van der Waals surface area contributed by atoms with Crippen LogP contribution in [0.2, 0.25) is 0 Å². The number of unbranched alkanes of at least 4 members (excludes halogenated alkanes) is 3. The van der Waals surface area contributed by atoms with Crippen molar-refractivity contribution >= 4 is 11.0 Å². The van der Waals surface area contributed by atoms with Crippen LogP contribution in [0, 0.1) is 0 Å². The minimum atomic E-state index is -0.382. The Morgan fingerprint density at radius 1 is 1.16 bits per heavy atom. The molecule has 0 aliphatic carbocycles. The fourth-order valence-electron chi connectivity index (χ4n) is 2.13. The summed E-state index contributed by atoms with van der Waals surface area (Å²) in [7, 11) is 0. The molecule has 0 radical (unpaired) electrons. The van der Waals surface area contributed by atoms with Gasteiger partial charge in [0, 0.05) is 5.56 Å². The summed E-state index contributed by atoms with van der Waals surface area (Å²) in [4.78, 5) is 12.2. The Hall–Kier alpha value is -1.97. The molecule has 1 aromatic heterocycles. The van der Waals surface area contributed by atoms with Crippen LogP contribution in [0.25, 0.3) is 11.0 Å². The van der Waals surface area contributed by atoms with Gasteiger partial charge in [0.2, 0.25) is 5.75 Å². The highest BCUT2D eigenvalue weighted by Gasteiger charge is 2.12. The largest absolute Gasteiger partial charge is 0.504 e. The summed E-state index contributed by atoms with van der Waals surface area (Å²) in [6, 6.07) is 2.78. The van der Waals surface area contributed by atoms with Gasteiger partial charge in [-0.1, -0.05) is 26.2 Å². The SMILES string of the molecule is CCCCCCc1coc2c(O)c(O)ccc2c1=O. The van der Waals surface area contributed by atoms with E-state index in [2.05, 4.69) is 6.92 Å². The van der Waals surface area contributed by atoms with Crippen molar-refractivity contribution in [2.24, 2.45) is 0 Å². The van der Waals surface area contributed by atoms with E-state index < -0.39 is 0 Å². The Morgan fingerprint density at radius 3 is 2.68 bits per heavy atom. The molecule has 1 heterocycles. The van der Waals surface area contributed by atoms with E-state index in [0.29, 0.717) is 17.4 Å². The molecule has 0 aliphatic rings. The fraction of sp³-hybridized carbons (Fsp3) is 0.400. The van der Waals surface area contributed by atoms with E-state index in [1.165, 1.54) is 18.4 Å². The summed E-state index contributed by atoms with van der Waals surface area (Å²) in [5.41, 5.74) is 0.532. The number of aromatic hydroxyl groups is 2. The van der Waals surface area contributed by atoms with Crippen LogP contribution in [-0.2, 0) is 6.42 Å². The maximum absolute atomic E-state index is 12.2. The molecule has 0 amide bonds. The number of rotatable bonds is 5. The third kappa shape index (κ3) is 2.72. The monoisotopic (exact) mass is 262 g/mol. The molecule has 4 nitrogen and oxygen atoms in total. The maximum Gasteiger partial charge on any atom is 0.201 e. The second-order valence-electron chi connectivity index (χ2n) is 4.71. The number of hydrogen-bond donors (Lipinski definition) is 2. The zero-order chi connectivity index (χ0) is 13.8. The lowest BCUT2D eigenvalue weighted by molar-refractivity contribution is 0.399. The van der Waals surface area contributed by atoms with Gasteiger partial charge < -0.3 is 14.6 Å². The van der Waals surface area contributed by atoms with Crippen LogP contribution in [-0.4, -0.2) is 10.2 Å². The molecule has 2 N–H and O–H groups in total. The Bertz CT molecular complexity index is 628. The molecule has 2 aromatic rings. The molecule has 2 rings (SSSR count).